The molecule has 11 heteroatoms. The lowest BCUT2D eigenvalue weighted by atomic mass is 9.80. The van der Waals surface area contributed by atoms with E-state index in [9.17, 15) is 34.5 Å². The molecule has 0 aliphatic carbocycles. The summed E-state index contributed by atoms with van der Waals surface area (Å²) < 4.78 is 18.6. The predicted molar refractivity (Wildman–Crippen MR) is 87.5 cm³/mol. The quantitative estimate of drug-likeness (QED) is 0.204. The van der Waals surface area contributed by atoms with E-state index in [0.717, 1.165) is 21.3 Å². The Hall–Kier alpha value is -3.76. The SMILES string of the molecule is COC(=O)C=C(C(=O)OC)[C@@H]1c2c(O)c(O)cc(O)c2C(=O)O[C@@H]1C(=O)OC. The molecule has 1 aliphatic heterocycles. The van der Waals surface area contributed by atoms with E-state index in [1.807, 2.05) is 0 Å². The summed E-state index contributed by atoms with van der Waals surface area (Å²) in [5.74, 6) is -8.72. The van der Waals surface area contributed by atoms with Crippen LogP contribution in [0.25, 0.3) is 0 Å². The summed E-state index contributed by atoms with van der Waals surface area (Å²) in [5.41, 5.74) is -1.69. The third-order valence-electron chi connectivity index (χ3n) is 4.01. The van der Waals surface area contributed by atoms with Crippen molar-refractivity contribution < 1.29 is 53.4 Å². The lowest BCUT2D eigenvalue weighted by molar-refractivity contribution is -0.152. The Morgan fingerprint density at radius 2 is 1.68 bits per heavy atom. The summed E-state index contributed by atoms with van der Waals surface area (Å²) in [6.45, 7) is 0. The fourth-order valence-electron chi connectivity index (χ4n) is 2.77. The Kier molecular flexibility index (Phi) is 5.77. The van der Waals surface area contributed by atoms with Crippen molar-refractivity contribution in [1.29, 1.82) is 0 Å². The van der Waals surface area contributed by atoms with Gasteiger partial charge >= 0.3 is 23.9 Å². The number of rotatable bonds is 4. The number of carbonyl (C=O) groups is 4. The smallest absolute Gasteiger partial charge is 0.348 e. The highest BCUT2D eigenvalue weighted by Gasteiger charge is 2.48. The standard InChI is InChI=1S/C17H16O11/c1-25-9(20)4-6(15(22)26-2)10-12-11(7(18)5-8(19)13(12)21)16(23)28-14(10)17(24)27-3/h4-5,10,14,18-19,21H,1-3H3/t10-,14+/m1/s1. The minimum absolute atomic E-state index is 0.523. The minimum atomic E-state index is -1.84. The number of cyclic esters (lactones) is 1. The second-order valence-corrected chi connectivity index (χ2v) is 5.49. The summed E-state index contributed by atoms with van der Waals surface area (Å²) in [4.78, 5) is 48.5. The van der Waals surface area contributed by atoms with E-state index in [2.05, 4.69) is 14.2 Å². The van der Waals surface area contributed by atoms with E-state index < -0.39 is 69.8 Å². The van der Waals surface area contributed by atoms with Crippen molar-refractivity contribution >= 4 is 23.9 Å². The van der Waals surface area contributed by atoms with E-state index in [4.69, 9.17) is 4.74 Å². The van der Waals surface area contributed by atoms with Gasteiger partial charge < -0.3 is 34.3 Å². The molecule has 11 nitrogen and oxygen atoms in total. The zero-order valence-electron chi connectivity index (χ0n) is 14.9. The summed E-state index contributed by atoms with van der Waals surface area (Å²) in [5, 5.41) is 30.2. The van der Waals surface area contributed by atoms with Crippen LogP contribution in [0.1, 0.15) is 21.8 Å². The second kappa shape index (κ2) is 7.86. The first kappa shape index (κ1) is 20.6. The molecule has 0 spiro atoms. The van der Waals surface area contributed by atoms with Crippen LogP contribution >= 0.6 is 0 Å². The van der Waals surface area contributed by atoms with Crippen molar-refractivity contribution in [3.05, 3.63) is 28.8 Å². The maximum atomic E-state index is 12.3. The number of aromatic hydroxyl groups is 3. The van der Waals surface area contributed by atoms with Crippen LogP contribution in [0.2, 0.25) is 0 Å². The average Bonchev–Trinajstić information content (AvgIpc) is 2.68. The first-order chi connectivity index (χ1) is 13.2. The van der Waals surface area contributed by atoms with Gasteiger partial charge in [0.15, 0.2) is 11.5 Å². The molecule has 0 bridgehead atoms. The average molecular weight is 396 g/mol. The molecule has 0 unspecified atom stereocenters. The molecular formula is C17H16O11. The highest BCUT2D eigenvalue weighted by Crippen LogP contribution is 2.48. The Morgan fingerprint density at radius 1 is 1.04 bits per heavy atom. The summed E-state index contributed by atoms with van der Waals surface area (Å²) >= 11 is 0. The van der Waals surface area contributed by atoms with Crippen molar-refractivity contribution in [2.24, 2.45) is 0 Å². The topological polar surface area (TPSA) is 166 Å². The van der Waals surface area contributed by atoms with E-state index in [1.54, 1.807) is 0 Å². The molecule has 0 fully saturated rings. The van der Waals surface area contributed by atoms with E-state index in [1.165, 1.54) is 0 Å². The monoisotopic (exact) mass is 396 g/mol. The van der Waals surface area contributed by atoms with Crippen LogP contribution in [0, 0.1) is 0 Å². The number of ether oxygens (including phenoxy) is 4. The number of esters is 4. The van der Waals surface area contributed by atoms with Gasteiger partial charge in [0.25, 0.3) is 0 Å². The van der Waals surface area contributed by atoms with Crippen molar-refractivity contribution in [2.75, 3.05) is 21.3 Å². The Bertz CT molecular complexity index is 884. The molecule has 1 aromatic rings. The maximum absolute atomic E-state index is 12.3. The van der Waals surface area contributed by atoms with Crippen LogP contribution in [0.4, 0.5) is 0 Å². The van der Waals surface area contributed by atoms with E-state index in [0.29, 0.717) is 12.1 Å². The molecule has 1 heterocycles. The lowest BCUT2D eigenvalue weighted by Crippen LogP contribution is -2.41. The van der Waals surface area contributed by atoms with Crippen molar-refractivity contribution in [1.82, 2.24) is 0 Å². The molecule has 0 radical (unpaired) electrons. The van der Waals surface area contributed by atoms with Gasteiger partial charge in [0.2, 0.25) is 6.10 Å². The van der Waals surface area contributed by atoms with Crippen LogP contribution in [0.3, 0.4) is 0 Å². The molecule has 150 valence electrons. The maximum Gasteiger partial charge on any atom is 0.348 e. The third kappa shape index (κ3) is 3.41. The van der Waals surface area contributed by atoms with Gasteiger partial charge in [0.1, 0.15) is 11.3 Å². The van der Waals surface area contributed by atoms with E-state index >= 15 is 0 Å². The summed E-state index contributed by atoms with van der Waals surface area (Å²) in [6.07, 6.45) is -1.18. The molecule has 0 amide bonds. The first-order valence-corrected chi connectivity index (χ1v) is 7.62. The Morgan fingerprint density at radius 3 is 2.21 bits per heavy atom. The van der Waals surface area contributed by atoms with Gasteiger partial charge in [-0.25, -0.2) is 19.2 Å². The number of hydrogen-bond donors (Lipinski definition) is 3. The zero-order chi connectivity index (χ0) is 21.2. The summed E-state index contributed by atoms with van der Waals surface area (Å²) in [6, 6.07) is 0.673. The fourth-order valence-corrected chi connectivity index (χ4v) is 2.77. The van der Waals surface area contributed by atoms with Crippen molar-refractivity contribution in [2.45, 2.75) is 12.0 Å². The number of phenolic OH excluding ortho intramolecular Hbond substituents is 3. The van der Waals surface area contributed by atoms with Gasteiger partial charge in [-0.1, -0.05) is 0 Å². The largest absolute Gasteiger partial charge is 0.507 e. The molecule has 3 N–H and O–H groups in total. The van der Waals surface area contributed by atoms with Gasteiger partial charge in [0.05, 0.1) is 32.8 Å². The van der Waals surface area contributed by atoms with Crippen LogP contribution in [0.15, 0.2) is 17.7 Å². The minimum Gasteiger partial charge on any atom is -0.507 e. The molecule has 1 aromatic carbocycles. The van der Waals surface area contributed by atoms with Crippen LogP contribution in [0.5, 0.6) is 17.2 Å². The third-order valence-corrected chi connectivity index (χ3v) is 4.01. The first-order valence-electron chi connectivity index (χ1n) is 7.62. The van der Waals surface area contributed by atoms with Gasteiger partial charge in [-0.3, -0.25) is 0 Å². The molecule has 2 atom stereocenters. The van der Waals surface area contributed by atoms with Crippen LogP contribution in [-0.4, -0.2) is 66.6 Å². The normalized spacial score (nSPS) is 18.5. The molecule has 0 saturated heterocycles. The number of methoxy groups -OCH3 is 3. The Labute approximate surface area is 157 Å². The number of hydrogen-bond acceptors (Lipinski definition) is 11. The molecule has 0 saturated carbocycles. The summed E-state index contributed by atoms with van der Waals surface area (Å²) in [7, 11) is 2.98. The van der Waals surface area contributed by atoms with Crippen molar-refractivity contribution in [3.63, 3.8) is 0 Å². The van der Waals surface area contributed by atoms with Crippen LogP contribution < -0.4 is 0 Å². The number of fused-ring (bicyclic) bond motifs is 1. The highest BCUT2D eigenvalue weighted by atomic mass is 16.6. The second-order valence-electron chi connectivity index (χ2n) is 5.49. The molecule has 28 heavy (non-hydrogen) atoms. The van der Waals surface area contributed by atoms with Gasteiger partial charge in [-0.15, -0.1) is 0 Å². The molecule has 1 aliphatic rings. The molecular weight excluding hydrogens is 380 g/mol. The molecule has 2 rings (SSSR count). The van der Waals surface area contributed by atoms with Gasteiger partial charge in [-0.2, -0.15) is 0 Å². The van der Waals surface area contributed by atoms with Crippen molar-refractivity contribution in [3.8, 4) is 17.2 Å². The van der Waals surface area contributed by atoms with Crippen LogP contribution in [-0.2, 0) is 33.3 Å². The van der Waals surface area contributed by atoms with Gasteiger partial charge in [0, 0.05) is 17.7 Å². The zero-order valence-corrected chi connectivity index (χ0v) is 14.9. The number of carbonyl (C=O) groups excluding carboxylic acids is 4. The predicted octanol–water partition coefficient (Wildman–Crippen LogP) is -0.129. The lowest BCUT2D eigenvalue weighted by Gasteiger charge is -2.32. The highest BCUT2D eigenvalue weighted by molar-refractivity contribution is 6.04. The molecule has 0 aromatic heterocycles. The van der Waals surface area contributed by atoms with Gasteiger partial charge in [-0.05, 0) is 0 Å². The number of phenols is 3. The Balaban J connectivity index is 2.89. The number of benzene rings is 1. The van der Waals surface area contributed by atoms with E-state index in [-0.39, 0.29) is 0 Å². The fraction of sp³-hybridized carbons (Fsp3) is 0.294.